The molecule has 4 heteroatoms. The third-order valence-corrected chi connectivity index (χ3v) is 3.40. The van der Waals surface area contributed by atoms with E-state index >= 15 is 0 Å². The van der Waals surface area contributed by atoms with Gasteiger partial charge in [0.2, 0.25) is 5.91 Å². The van der Waals surface area contributed by atoms with Crippen molar-refractivity contribution in [2.24, 2.45) is 0 Å². The minimum Gasteiger partial charge on any atom is -0.377 e. The maximum atomic E-state index is 11.7. The maximum absolute atomic E-state index is 11.7. The van der Waals surface area contributed by atoms with Crippen molar-refractivity contribution in [3.8, 4) is 0 Å². The molecule has 1 amide bonds. The molecular formula is C15H22BrNO2. The number of ether oxygens (including phenoxy) is 1. The highest BCUT2D eigenvalue weighted by Crippen LogP contribution is 2.10. The second-order valence-corrected chi connectivity index (χ2v) is 5.12. The zero-order valence-electron chi connectivity index (χ0n) is 11.5. The van der Waals surface area contributed by atoms with E-state index in [-0.39, 0.29) is 5.91 Å². The Balaban J connectivity index is 2.41. The molecule has 106 valence electrons. The number of unbranched alkanes of at least 4 members (excludes halogenated alkanes) is 1. The van der Waals surface area contributed by atoms with E-state index in [2.05, 4.69) is 21.2 Å². The molecule has 1 aromatic carbocycles. The number of alkyl halides is 1. The van der Waals surface area contributed by atoms with Crippen molar-refractivity contribution < 1.29 is 9.53 Å². The van der Waals surface area contributed by atoms with Gasteiger partial charge in [0.15, 0.2) is 0 Å². The minimum atomic E-state index is 0.118. The lowest BCUT2D eigenvalue weighted by Crippen LogP contribution is -2.23. The molecule has 0 spiro atoms. The summed E-state index contributed by atoms with van der Waals surface area (Å²) < 4.78 is 5.43. The molecule has 0 atom stereocenters. The van der Waals surface area contributed by atoms with Crippen LogP contribution < -0.4 is 5.32 Å². The van der Waals surface area contributed by atoms with Gasteiger partial charge in [-0.3, -0.25) is 4.79 Å². The molecule has 1 aromatic rings. The first-order chi connectivity index (χ1) is 9.27. The molecule has 0 unspecified atom stereocenters. The molecule has 0 bridgehead atoms. The first-order valence-corrected chi connectivity index (χ1v) is 7.87. The number of hydrogen-bond acceptors (Lipinski definition) is 2. The van der Waals surface area contributed by atoms with Crippen LogP contribution in [0.4, 0.5) is 0 Å². The Morgan fingerprint density at radius 1 is 1.26 bits per heavy atom. The lowest BCUT2D eigenvalue weighted by atomic mass is 10.1. The lowest BCUT2D eigenvalue weighted by molar-refractivity contribution is -0.121. The van der Waals surface area contributed by atoms with E-state index in [9.17, 15) is 4.79 Å². The van der Waals surface area contributed by atoms with Crippen LogP contribution in [-0.4, -0.2) is 17.8 Å². The van der Waals surface area contributed by atoms with Gasteiger partial charge >= 0.3 is 0 Å². The highest BCUT2D eigenvalue weighted by molar-refractivity contribution is 9.09. The van der Waals surface area contributed by atoms with Crippen LogP contribution in [0.25, 0.3) is 0 Å². The lowest BCUT2D eigenvalue weighted by Gasteiger charge is -2.10. The van der Waals surface area contributed by atoms with E-state index in [0.29, 0.717) is 26.2 Å². The van der Waals surface area contributed by atoms with Crippen LogP contribution in [0.3, 0.4) is 0 Å². The Morgan fingerprint density at radius 2 is 2.00 bits per heavy atom. The zero-order valence-corrected chi connectivity index (χ0v) is 13.0. The van der Waals surface area contributed by atoms with E-state index < -0.39 is 0 Å². The Bertz CT molecular complexity index is 382. The summed E-state index contributed by atoms with van der Waals surface area (Å²) in [6.07, 6.45) is 2.56. The summed E-state index contributed by atoms with van der Waals surface area (Å²) >= 11 is 3.36. The van der Waals surface area contributed by atoms with Gasteiger partial charge in [-0.2, -0.15) is 0 Å². The van der Waals surface area contributed by atoms with Crippen molar-refractivity contribution in [2.75, 3.05) is 11.9 Å². The van der Waals surface area contributed by atoms with Crippen molar-refractivity contribution in [1.82, 2.24) is 5.32 Å². The van der Waals surface area contributed by atoms with Crippen LogP contribution >= 0.6 is 15.9 Å². The van der Waals surface area contributed by atoms with E-state index in [1.807, 2.05) is 31.2 Å². The van der Waals surface area contributed by atoms with Gasteiger partial charge in [0, 0.05) is 24.9 Å². The van der Waals surface area contributed by atoms with Gasteiger partial charge in [0.1, 0.15) is 0 Å². The summed E-state index contributed by atoms with van der Waals surface area (Å²) in [5.74, 6) is 0.118. The Labute approximate surface area is 123 Å². The van der Waals surface area contributed by atoms with Crippen molar-refractivity contribution >= 4 is 21.8 Å². The van der Waals surface area contributed by atoms with Crippen molar-refractivity contribution in [3.63, 3.8) is 0 Å². The molecule has 0 fully saturated rings. The SMILES string of the molecule is CCOCc1ccccc1CNC(=O)CCCCBr. The molecule has 0 heterocycles. The molecule has 0 aromatic heterocycles. The summed E-state index contributed by atoms with van der Waals surface area (Å²) in [4.78, 5) is 11.7. The van der Waals surface area contributed by atoms with E-state index in [0.717, 1.165) is 29.3 Å². The highest BCUT2D eigenvalue weighted by atomic mass is 79.9. The highest BCUT2D eigenvalue weighted by Gasteiger charge is 2.04. The molecular weight excluding hydrogens is 306 g/mol. The molecule has 1 N–H and O–H groups in total. The van der Waals surface area contributed by atoms with Crippen LogP contribution in [0.1, 0.15) is 37.3 Å². The predicted octanol–water partition coefficient (Wildman–Crippen LogP) is 3.40. The second kappa shape index (κ2) is 9.98. The van der Waals surface area contributed by atoms with Crippen molar-refractivity contribution in [2.45, 2.75) is 39.3 Å². The fourth-order valence-electron chi connectivity index (χ4n) is 1.75. The third-order valence-electron chi connectivity index (χ3n) is 2.84. The van der Waals surface area contributed by atoms with Crippen LogP contribution in [0.15, 0.2) is 24.3 Å². The molecule has 0 radical (unpaired) electrons. The van der Waals surface area contributed by atoms with Gasteiger partial charge in [0.25, 0.3) is 0 Å². The van der Waals surface area contributed by atoms with E-state index in [1.54, 1.807) is 0 Å². The van der Waals surface area contributed by atoms with Gasteiger partial charge in [-0.1, -0.05) is 40.2 Å². The Morgan fingerprint density at radius 3 is 2.68 bits per heavy atom. The second-order valence-electron chi connectivity index (χ2n) is 4.33. The van der Waals surface area contributed by atoms with Gasteiger partial charge in [-0.05, 0) is 30.9 Å². The van der Waals surface area contributed by atoms with Crippen LogP contribution in [-0.2, 0) is 22.7 Å². The molecule has 0 aliphatic heterocycles. The number of carbonyl (C=O) groups excluding carboxylic acids is 1. The predicted molar refractivity (Wildman–Crippen MR) is 81.3 cm³/mol. The van der Waals surface area contributed by atoms with Crippen LogP contribution in [0.5, 0.6) is 0 Å². The molecule has 0 aliphatic carbocycles. The van der Waals surface area contributed by atoms with Gasteiger partial charge < -0.3 is 10.1 Å². The minimum absolute atomic E-state index is 0.118. The Kier molecular flexibility index (Phi) is 8.50. The molecule has 0 saturated carbocycles. The van der Waals surface area contributed by atoms with Crippen molar-refractivity contribution in [3.05, 3.63) is 35.4 Å². The summed E-state index contributed by atoms with van der Waals surface area (Å²) in [6, 6.07) is 8.06. The smallest absolute Gasteiger partial charge is 0.220 e. The summed E-state index contributed by atoms with van der Waals surface area (Å²) in [5.41, 5.74) is 2.27. The summed E-state index contributed by atoms with van der Waals surface area (Å²) in [6.45, 7) is 3.87. The largest absolute Gasteiger partial charge is 0.377 e. The number of nitrogens with one attached hydrogen (secondary N) is 1. The number of rotatable bonds is 9. The number of halogens is 1. The Hall–Kier alpha value is -0.870. The number of benzene rings is 1. The van der Waals surface area contributed by atoms with Gasteiger partial charge in [0.05, 0.1) is 6.61 Å². The third kappa shape index (κ3) is 6.73. The average Bonchev–Trinajstić information content (AvgIpc) is 2.44. The molecule has 3 nitrogen and oxygen atoms in total. The number of hydrogen-bond donors (Lipinski definition) is 1. The first-order valence-electron chi connectivity index (χ1n) is 6.75. The van der Waals surface area contributed by atoms with Crippen LogP contribution in [0, 0.1) is 0 Å². The molecule has 19 heavy (non-hydrogen) atoms. The van der Waals surface area contributed by atoms with Gasteiger partial charge in [-0.15, -0.1) is 0 Å². The summed E-state index contributed by atoms with van der Waals surface area (Å²) in [5, 5.41) is 3.92. The maximum Gasteiger partial charge on any atom is 0.220 e. The fraction of sp³-hybridized carbons (Fsp3) is 0.533. The topological polar surface area (TPSA) is 38.3 Å². The molecule has 1 rings (SSSR count). The number of carbonyl (C=O) groups is 1. The fourth-order valence-corrected chi connectivity index (χ4v) is 2.14. The first kappa shape index (κ1) is 16.2. The normalized spacial score (nSPS) is 10.4. The van der Waals surface area contributed by atoms with Crippen molar-refractivity contribution in [1.29, 1.82) is 0 Å². The monoisotopic (exact) mass is 327 g/mol. The average molecular weight is 328 g/mol. The summed E-state index contributed by atoms with van der Waals surface area (Å²) in [7, 11) is 0. The van der Waals surface area contributed by atoms with Crippen LogP contribution in [0.2, 0.25) is 0 Å². The van der Waals surface area contributed by atoms with Gasteiger partial charge in [-0.25, -0.2) is 0 Å². The standard InChI is InChI=1S/C15H22BrNO2/c1-2-19-12-14-8-4-3-7-13(14)11-17-15(18)9-5-6-10-16/h3-4,7-8H,2,5-6,9-12H2,1H3,(H,17,18). The quantitative estimate of drug-likeness (QED) is 0.557. The zero-order chi connectivity index (χ0) is 13.9. The number of amides is 1. The molecule has 0 aliphatic rings. The van der Waals surface area contributed by atoms with E-state index in [1.165, 1.54) is 0 Å². The molecule has 0 saturated heterocycles. The van der Waals surface area contributed by atoms with E-state index in [4.69, 9.17) is 4.74 Å².